The SMILES string of the molecule is c1ccc(-c2cc(-c3ccccc3)nc(-c3ccc(-c4ccc(-c5nc6ccccc6c6oc7ccccc7c56)cc4)cc3)n2)cc1. The molecule has 9 aromatic rings. The summed E-state index contributed by atoms with van der Waals surface area (Å²) >= 11 is 0. The summed E-state index contributed by atoms with van der Waals surface area (Å²) in [6.45, 7) is 0. The third-order valence-corrected chi connectivity index (χ3v) is 8.71. The second-order valence-corrected chi connectivity index (χ2v) is 11.6. The highest BCUT2D eigenvalue weighted by molar-refractivity contribution is 6.19. The maximum absolute atomic E-state index is 6.38. The van der Waals surface area contributed by atoms with Gasteiger partial charge in [0.1, 0.15) is 11.2 Å². The van der Waals surface area contributed by atoms with Crippen LogP contribution < -0.4 is 0 Å². The van der Waals surface area contributed by atoms with Crippen LogP contribution in [0.3, 0.4) is 0 Å². The molecule has 0 aliphatic heterocycles. The van der Waals surface area contributed by atoms with Gasteiger partial charge in [-0.25, -0.2) is 15.0 Å². The molecule has 0 saturated heterocycles. The number of aromatic nitrogens is 3. The Morgan fingerprint density at radius 3 is 1.53 bits per heavy atom. The minimum atomic E-state index is 0.700. The molecule has 0 radical (unpaired) electrons. The predicted octanol–water partition coefficient (Wildman–Crippen LogP) is 11.3. The minimum absolute atomic E-state index is 0.700. The molecule has 0 amide bonds. The van der Waals surface area contributed by atoms with Gasteiger partial charge >= 0.3 is 0 Å². The first kappa shape index (κ1) is 27.0. The van der Waals surface area contributed by atoms with Gasteiger partial charge < -0.3 is 4.42 Å². The van der Waals surface area contributed by atoms with Crippen LogP contribution in [0.15, 0.2) is 168 Å². The maximum atomic E-state index is 6.38. The summed E-state index contributed by atoms with van der Waals surface area (Å²) in [4.78, 5) is 15.1. The van der Waals surface area contributed by atoms with Crippen LogP contribution in [0, 0.1) is 0 Å². The number of hydrogen-bond acceptors (Lipinski definition) is 4. The van der Waals surface area contributed by atoms with Gasteiger partial charge in [0.15, 0.2) is 5.82 Å². The molecular formula is C43H27N3O. The van der Waals surface area contributed by atoms with Gasteiger partial charge in [-0.1, -0.05) is 140 Å². The van der Waals surface area contributed by atoms with Gasteiger partial charge in [0.2, 0.25) is 0 Å². The van der Waals surface area contributed by atoms with Crippen molar-refractivity contribution < 1.29 is 4.42 Å². The Bertz CT molecular complexity index is 2480. The van der Waals surface area contributed by atoms with Crippen LogP contribution in [0.5, 0.6) is 0 Å². The van der Waals surface area contributed by atoms with E-state index < -0.39 is 0 Å². The lowest BCUT2D eigenvalue weighted by Gasteiger charge is -2.10. The molecule has 0 unspecified atom stereocenters. The highest BCUT2D eigenvalue weighted by Gasteiger charge is 2.17. The minimum Gasteiger partial charge on any atom is -0.455 e. The molecule has 0 aliphatic rings. The smallest absolute Gasteiger partial charge is 0.160 e. The zero-order valence-corrected chi connectivity index (χ0v) is 25.3. The summed E-state index contributed by atoms with van der Waals surface area (Å²) in [5, 5.41) is 3.14. The van der Waals surface area contributed by atoms with Gasteiger partial charge in [0.25, 0.3) is 0 Å². The van der Waals surface area contributed by atoms with Gasteiger partial charge in [0, 0.05) is 33.0 Å². The van der Waals surface area contributed by atoms with Crippen LogP contribution in [-0.4, -0.2) is 15.0 Å². The van der Waals surface area contributed by atoms with E-state index in [0.717, 1.165) is 83.3 Å². The van der Waals surface area contributed by atoms with Crippen molar-refractivity contribution in [3.63, 3.8) is 0 Å². The molecule has 0 bridgehead atoms. The normalized spacial score (nSPS) is 11.4. The fourth-order valence-electron chi connectivity index (χ4n) is 6.34. The van der Waals surface area contributed by atoms with Crippen molar-refractivity contribution in [2.24, 2.45) is 0 Å². The molecule has 0 saturated carbocycles. The first-order valence-corrected chi connectivity index (χ1v) is 15.7. The fraction of sp³-hybridized carbons (Fsp3) is 0. The van der Waals surface area contributed by atoms with E-state index in [1.807, 2.05) is 66.7 Å². The Morgan fingerprint density at radius 2 is 0.894 bits per heavy atom. The van der Waals surface area contributed by atoms with E-state index in [0.29, 0.717) is 5.82 Å². The number of hydrogen-bond donors (Lipinski definition) is 0. The van der Waals surface area contributed by atoms with E-state index in [-0.39, 0.29) is 0 Å². The van der Waals surface area contributed by atoms with Crippen LogP contribution in [0.2, 0.25) is 0 Å². The molecule has 6 aromatic carbocycles. The molecule has 0 aliphatic carbocycles. The number of benzene rings is 6. The number of furan rings is 1. The van der Waals surface area contributed by atoms with Gasteiger partial charge in [-0.05, 0) is 35.4 Å². The van der Waals surface area contributed by atoms with Crippen molar-refractivity contribution in [3.05, 3.63) is 164 Å². The first-order valence-electron chi connectivity index (χ1n) is 15.7. The van der Waals surface area contributed by atoms with Crippen LogP contribution in [0.1, 0.15) is 0 Å². The highest BCUT2D eigenvalue weighted by atomic mass is 16.3. The molecule has 4 heteroatoms. The van der Waals surface area contributed by atoms with E-state index in [4.69, 9.17) is 19.4 Å². The van der Waals surface area contributed by atoms with Crippen molar-refractivity contribution in [2.75, 3.05) is 0 Å². The van der Waals surface area contributed by atoms with Gasteiger partial charge in [-0.3, -0.25) is 0 Å². The van der Waals surface area contributed by atoms with Crippen molar-refractivity contribution in [1.82, 2.24) is 15.0 Å². The van der Waals surface area contributed by atoms with Crippen LogP contribution in [0.4, 0.5) is 0 Å². The molecule has 0 N–H and O–H groups in total. The summed E-state index contributed by atoms with van der Waals surface area (Å²) in [6.07, 6.45) is 0. The monoisotopic (exact) mass is 601 g/mol. The Labute approximate surface area is 271 Å². The lowest BCUT2D eigenvalue weighted by atomic mass is 9.98. The fourth-order valence-corrected chi connectivity index (χ4v) is 6.34. The number of fused-ring (bicyclic) bond motifs is 5. The molecule has 9 rings (SSSR count). The predicted molar refractivity (Wildman–Crippen MR) is 192 cm³/mol. The number of pyridine rings is 1. The van der Waals surface area contributed by atoms with Crippen molar-refractivity contribution >= 4 is 32.8 Å². The highest BCUT2D eigenvalue weighted by Crippen LogP contribution is 2.39. The summed E-state index contributed by atoms with van der Waals surface area (Å²) < 4.78 is 6.38. The standard InChI is InChI=1S/C43H27N3O/c1-3-11-30(12-4-1)37-27-38(31-13-5-2-6-14-31)46-43(45-37)33-25-21-29(22-26-33)28-19-23-32(24-20-28)41-40-35-16-8-10-18-39(35)47-42(40)34-15-7-9-17-36(34)44-41/h1-27H. The average Bonchev–Trinajstić information content (AvgIpc) is 3.55. The van der Waals surface area contributed by atoms with E-state index in [2.05, 4.69) is 97.1 Å². The Balaban J connectivity index is 1.08. The second kappa shape index (κ2) is 11.2. The molecule has 0 atom stereocenters. The number of rotatable bonds is 5. The van der Waals surface area contributed by atoms with Crippen molar-refractivity contribution in [1.29, 1.82) is 0 Å². The van der Waals surface area contributed by atoms with E-state index in [1.54, 1.807) is 0 Å². The molecule has 3 aromatic heterocycles. The summed E-state index contributed by atoms with van der Waals surface area (Å²) in [5.41, 5.74) is 11.8. The zero-order chi connectivity index (χ0) is 31.2. The third kappa shape index (κ3) is 4.84. The molecule has 4 nitrogen and oxygen atoms in total. The molecule has 0 fully saturated rings. The Morgan fingerprint density at radius 1 is 0.383 bits per heavy atom. The van der Waals surface area contributed by atoms with E-state index in [9.17, 15) is 0 Å². The summed E-state index contributed by atoms with van der Waals surface area (Å²) in [7, 11) is 0. The maximum Gasteiger partial charge on any atom is 0.160 e. The summed E-state index contributed by atoms with van der Waals surface area (Å²) in [5.74, 6) is 0.700. The topological polar surface area (TPSA) is 51.8 Å². The molecular weight excluding hydrogens is 574 g/mol. The first-order chi connectivity index (χ1) is 23.3. The lowest BCUT2D eigenvalue weighted by molar-refractivity contribution is 0.672. The molecule has 47 heavy (non-hydrogen) atoms. The van der Waals surface area contributed by atoms with Crippen LogP contribution in [0.25, 0.3) is 89.1 Å². The van der Waals surface area contributed by atoms with Crippen molar-refractivity contribution in [3.8, 4) is 56.3 Å². The average molecular weight is 602 g/mol. The largest absolute Gasteiger partial charge is 0.455 e. The molecule has 220 valence electrons. The number of para-hydroxylation sites is 2. The van der Waals surface area contributed by atoms with Crippen molar-refractivity contribution in [2.45, 2.75) is 0 Å². The van der Waals surface area contributed by atoms with Crippen LogP contribution >= 0.6 is 0 Å². The second-order valence-electron chi connectivity index (χ2n) is 11.6. The van der Waals surface area contributed by atoms with Crippen LogP contribution in [-0.2, 0) is 0 Å². The zero-order valence-electron chi connectivity index (χ0n) is 25.3. The van der Waals surface area contributed by atoms with E-state index in [1.165, 1.54) is 0 Å². The summed E-state index contributed by atoms with van der Waals surface area (Å²) in [6, 6.07) is 56.1. The quantitative estimate of drug-likeness (QED) is 0.197. The lowest BCUT2D eigenvalue weighted by Crippen LogP contribution is -1.95. The third-order valence-electron chi connectivity index (χ3n) is 8.71. The Hall–Kier alpha value is -6.39. The van der Waals surface area contributed by atoms with Gasteiger partial charge in [0.05, 0.1) is 28.0 Å². The van der Waals surface area contributed by atoms with Gasteiger partial charge in [-0.2, -0.15) is 0 Å². The Kier molecular flexibility index (Phi) is 6.43. The molecule has 3 heterocycles. The number of nitrogens with zero attached hydrogens (tertiary/aromatic N) is 3. The van der Waals surface area contributed by atoms with E-state index >= 15 is 0 Å². The molecule has 0 spiro atoms. The van der Waals surface area contributed by atoms with Gasteiger partial charge in [-0.15, -0.1) is 0 Å².